The largest absolute Gasteiger partial charge is 0.333 e. The standard InChI is InChI=1S/C17H22N2O/c20-16(17-8-4-3-7-15(17)9-18-12-17)19-10-13-5-1-2-6-14(13)11-19/h1-2,5-6,15,18H,3-4,7-12H2/t15-,17+/m0/s1. The van der Waals surface area contributed by atoms with Crippen molar-refractivity contribution in [1.29, 1.82) is 0 Å². The van der Waals surface area contributed by atoms with Crippen LogP contribution in [0.1, 0.15) is 36.8 Å². The molecule has 2 aliphatic heterocycles. The van der Waals surface area contributed by atoms with Crippen LogP contribution in [0.3, 0.4) is 0 Å². The fraction of sp³-hybridized carbons (Fsp3) is 0.588. The summed E-state index contributed by atoms with van der Waals surface area (Å²) in [5, 5.41) is 3.48. The van der Waals surface area contributed by atoms with Gasteiger partial charge in [0.25, 0.3) is 0 Å². The number of carbonyl (C=O) groups is 1. The second kappa shape index (κ2) is 4.59. The molecule has 2 heterocycles. The van der Waals surface area contributed by atoms with Crippen molar-refractivity contribution in [2.75, 3.05) is 13.1 Å². The fourth-order valence-electron chi connectivity index (χ4n) is 4.46. The predicted molar refractivity (Wildman–Crippen MR) is 78.0 cm³/mol. The molecule has 3 heteroatoms. The summed E-state index contributed by atoms with van der Waals surface area (Å²) >= 11 is 0. The van der Waals surface area contributed by atoms with Gasteiger partial charge < -0.3 is 10.2 Å². The van der Waals surface area contributed by atoms with Gasteiger partial charge in [0.2, 0.25) is 5.91 Å². The number of nitrogens with one attached hydrogen (secondary N) is 1. The Morgan fingerprint density at radius 1 is 1.20 bits per heavy atom. The van der Waals surface area contributed by atoms with E-state index in [9.17, 15) is 4.79 Å². The molecule has 3 nitrogen and oxygen atoms in total. The van der Waals surface area contributed by atoms with Gasteiger partial charge in [0, 0.05) is 19.6 Å². The molecular formula is C17H22N2O. The lowest BCUT2D eigenvalue weighted by Crippen LogP contribution is -2.48. The van der Waals surface area contributed by atoms with Crippen molar-refractivity contribution in [3.8, 4) is 0 Å². The minimum absolute atomic E-state index is 0.0969. The molecule has 0 bridgehead atoms. The third-order valence-electron chi connectivity index (χ3n) is 5.59. The number of benzene rings is 1. The molecule has 4 rings (SSSR count). The quantitative estimate of drug-likeness (QED) is 0.849. The average molecular weight is 270 g/mol. The highest BCUT2D eigenvalue weighted by Crippen LogP contribution is 2.46. The van der Waals surface area contributed by atoms with Crippen molar-refractivity contribution in [2.24, 2.45) is 11.3 Å². The molecule has 106 valence electrons. The van der Waals surface area contributed by atoms with Crippen molar-refractivity contribution >= 4 is 5.91 Å². The van der Waals surface area contributed by atoms with E-state index in [2.05, 4.69) is 34.5 Å². The Hall–Kier alpha value is -1.35. The van der Waals surface area contributed by atoms with E-state index in [0.29, 0.717) is 11.8 Å². The van der Waals surface area contributed by atoms with E-state index in [0.717, 1.165) is 32.6 Å². The third-order valence-corrected chi connectivity index (χ3v) is 5.59. The van der Waals surface area contributed by atoms with Crippen LogP contribution in [0.25, 0.3) is 0 Å². The second-order valence-corrected chi connectivity index (χ2v) is 6.66. The predicted octanol–water partition coefficient (Wildman–Crippen LogP) is 2.31. The first-order chi connectivity index (χ1) is 9.79. The Morgan fingerprint density at radius 2 is 1.95 bits per heavy atom. The number of hydrogen-bond donors (Lipinski definition) is 1. The van der Waals surface area contributed by atoms with Gasteiger partial charge in [-0.25, -0.2) is 0 Å². The molecule has 1 aliphatic carbocycles. The number of rotatable bonds is 1. The van der Waals surface area contributed by atoms with E-state index < -0.39 is 0 Å². The van der Waals surface area contributed by atoms with E-state index >= 15 is 0 Å². The monoisotopic (exact) mass is 270 g/mol. The summed E-state index contributed by atoms with van der Waals surface area (Å²) in [6, 6.07) is 8.47. The van der Waals surface area contributed by atoms with Crippen LogP contribution in [0, 0.1) is 11.3 Å². The zero-order valence-electron chi connectivity index (χ0n) is 11.9. The molecule has 1 aromatic carbocycles. The molecule has 1 saturated carbocycles. The second-order valence-electron chi connectivity index (χ2n) is 6.66. The first kappa shape index (κ1) is 12.4. The number of hydrogen-bond acceptors (Lipinski definition) is 2. The van der Waals surface area contributed by atoms with Crippen molar-refractivity contribution in [3.05, 3.63) is 35.4 Å². The maximum atomic E-state index is 13.2. The summed E-state index contributed by atoms with van der Waals surface area (Å²) < 4.78 is 0. The van der Waals surface area contributed by atoms with Crippen molar-refractivity contribution in [1.82, 2.24) is 10.2 Å². The molecule has 0 aromatic heterocycles. The highest BCUT2D eigenvalue weighted by atomic mass is 16.2. The Bertz CT molecular complexity index is 517. The van der Waals surface area contributed by atoms with Crippen LogP contribution in [-0.2, 0) is 17.9 Å². The smallest absolute Gasteiger partial charge is 0.231 e. The van der Waals surface area contributed by atoms with Gasteiger partial charge >= 0.3 is 0 Å². The van der Waals surface area contributed by atoms with Crippen molar-refractivity contribution in [3.63, 3.8) is 0 Å². The summed E-state index contributed by atoms with van der Waals surface area (Å²) in [7, 11) is 0. The van der Waals surface area contributed by atoms with E-state index in [1.165, 1.54) is 30.4 Å². The van der Waals surface area contributed by atoms with Gasteiger partial charge in [-0.15, -0.1) is 0 Å². The zero-order valence-corrected chi connectivity index (χ0v) is 11.9. The van der Waals surface area contributed by atoms with E-state index in [-0.39, 0.29) is 5.41 Å². The van der Waals surface area contributed by atoms with Gasteiger partial charge in [-0.05, 0) is 36.4 Å². The van der Waals surface area contributed by atoms with Crippen LogP contribution in [0.5, 0.6) is 0 Å². The van der Waals surface area contributed by atoms with Crippen LogP contribution in [-0.4, -0.2) is 23.9 Å². The molecule has 1 N–H and O–H groups in total. The van der Waals surface area contributed by atoms with Crippen molar-refractivity contribution in [2.45, 2.75) is 38.8 Å². The van der Waals surface area contributed by atoms with Gasteiger partial charge in [0.1, 0.15) is 0 Å². The maximum absolute atomic E-state index is 13.2. The van der Waals surface area contributed by atoms with Crippen molar-refractivity contribution < 1.29 is 4.79 Å². The molecule has 20 heavy (non-hydrogen) atoms. The first-order valence-electron chi connectivity index (χ1n) is 7.86. The Balaban J connectivity index is 1.59. The first-order valence-corrected chi connectivity index (χ1v) is 7.86. The Labute approximate surface area is 120 Å². The molecule has 3 aliphatic rings. The summed E-state index contributed by atoms with van der Waals surface area (Å²) in [4.78, 5) is 15.3. The van der Waals surface area contributed by atoms with Crippen LogP contribution in [0.15, 0.2) is 24.3 Å². The highest BCUT2D eigenvalue weighted by Gasteiger charge is 2.51. The highest BCUT2D eigenvalue weighted by molar-refractivity contribution is 5.84. The van der Waals surface area contributed by atoms with E-state index in [1.54, 1.807) is 0 Å². The molecule has 0 radical (unpaired) electrons. The molecule has 2 atom stereocenters. The SMILES string of the molecule is O=C(N1Cc2ccccc2C1)[C@@]12CCCC[C@H]1CNC2. The Morgan fingerprint density at radius 3 is 2.70 bits per heavy atom. The third kappa shape index (κ3) is 1.72. The lowest BCUT2D eigenvalue weighted by atomic mass is 9.67. The van der Waals surface area contributed by atoms with E-state index in [1.807, 2.05) is 0 Å². The Kier molecular flexibility index (Phi) is 2.84. The van der Waals surface area contributed by atoms with Gasteiger partial charge in [0.15, 0.2) is 0 Å². The molecule has 0 spiro atoms. The normalized spacial score (nSPS) is 32.0. The lowest BCUT2D eigenvalue weighted by Gasteiger charge is -2.39. The number of carbonyl (C=O) groups excluding carboxylic acids is 1. The molecule has 1 amide bonds. The average Bonchev–Trinajstić information content (AvgIpc) is 3.10. The minimum Gasteiger partial charge on any atom is -0.333 e. The number of nitrogens with zero attached hydrogens (tertiary/aromatic N) is 1. The minimum atomic E-state index is -0.0969. The molecule has 1 saturated heterocycles. The maximum Gasteiger partial charge on any atom is 0.231 e. The van der Waals surface area contributed by atoms with Crippen LogP contribution in [0.2, 0.25) is 0 Å². The number of fused-ring (bicyclic) bond motifs is 2. The van der Waals surface area contributed by atoms with Gasteiger partial charge in [-0.3, -0.25) is 4.79 Å². The lowest BCUT2D eigenvalue weighted by molar-refractivity contribution is -0.146. The van der Waals surface area contributed by atoms with Crippen LogP contribution < -0.4 is 5.32 Å². The molecule has 0 unspecified atom stereocenters. The molecule has 2 fully saturated rings. The van der Waals surface area contributed by atoms with Gasteiger partial charge in [0.05, 0.1) is 5.41 Å². The summed E-state index contributed by atoms with van der Waals surface area (Å²) in [5.74, 6) is 0.968. The van der Waals surface area contributed by atoms with Crippen LogP contribution >= 0.6 is 0 Å². The fourth-order valence-corrected chi connectivity index (χ4v) is 4.46. The topological polar surface area (TPSA) is 32.3 Å². The summed E-state index contributed by atoms with van der Waals surface area (Å²) in [6.07, 6.45) is 4.81. The van der Waals surface area contributed by atoms with Gasteiger partial charge in [-0.1, -0.05) is 37.1 Å². The summed E-state index contributed by atoms with van der Waals surface area (Å²) in [6.45, 7) is 3.54. The summed E-state index contributed by atoms with van der Waals surface area (Å²) in [5.41, 5.74) is 2.56. The zero-order chi connectivity index (χ0) is 13.6. The van der Waals surface area contributed by atoms with E-state index in [4.69, 9.17) is 0 Å². The number of amides is 1. The molecular weight excluding hydrogens is 248 g/mol. The van der Waals surface area contributed by atoms with Gasteiger partial charge in [-0.2, -0.15) is 0 Å². The molecule has 1 aromatic rings. The van der Waals surface area contributed by atoms with Crippen LogP contribution in [0.4, 0.5) is 0 Å².